The zero-order valence-corrected chi connectivity index (χ0v) is 18.4. The molecule has 4 N–H and O–H groups in total. The summed E-state index contributed by atoms with van der Waals surface area (Å²) in [5, 5.41) is 34.4. The number of nitrogens with zero attached hydrogens (tertiary/aromatic N) is 5. The van der Waals surface area contributed by atoms with E-state index in [2.05, 4.69) is 10.1 Å². The Morgan fingerprint density at radius 3 is 2.58 bits per heavy atom. The van der Waals surface area contributed by atoms with Crippen LogP contribution in [0.3, 0.4) is 0 Å². The Hall–Kier alpha value is -1.95. The average Bonchev–Trinajstić information content (AvgIpc) is 3.37. The fourth-order valence-electron chi connectivity index (χ4n) is 3.89. The summed E-state index contributed by atoms with van der Waals surface area (Å²) in [5.74, 6) is 0. The van der Waals surface area contributed by atoms with Gasteiger partial charge in [-0.25, -0.2) is 18.4 Å². The number of anilines is 1. The number of hydrogen-bond acceptors (Lipinski definition) is 9. The van der Waals surface area contributed by atoms with Gasteiger partial charge in [0, 0.05) is 0 Å². The summed E-state index contributed by atoms with van der Waals surface area (Å²) in [5.41, 5.74) is 0.0671. The number of alkyl halides is 2. The van der Waals surface area contributed by atoms with Crippen LogP contribution in [0.4, 0.5) is 14.5 Å². The molecule has 2 aromatic rings. The van der Waals surface area contributed by atoms with E-state index in [4.69, 9.17) is 30.9 Å². The lowest BCUT2D eigenvalue weighted by atomic mass is 10.1. The van der Waals surface area contributed by atoms with Crippen LogP contribution in [0.2, 0.25) is 5.15 Å². The fourth-order valence-corrected chi connectivity index (χ4v) is 4.45. The van der Waals surface area contributed by atoms with Gasteiger partial charge in [0.15, 0.2) is 29.4 Å². The minimum Gasteiger partial charge on any atom is -0.387 e. The smallest absolute Gasteiger partial charge is 0.350 e. The van der Waals surface area contributed by atoms with Gasteiger partial charge < -0.3 is 34.4 Å². The molecule has 0 radical (unpaired) electrons. The van der Waals surface area contributed by atoms with Crippen LogP contribution in [-0.4, -0.2) is 91.5 Å². The molecule has 0 amide bonds. The minimum atomic E-state index is -4.44. The Morgan fingerprint density at radius 1 is 1.30 bits per heavy atom. The zero-order valence-electron chi connectivity index (χ0n) is 16.7. The van der Waals surface area contributed by atoms with E-state index in [1.165, 1.54) is 11.1 Å². The van der Waals surface area contributed by atoms with Gasteiger partial charge >= 0.3 is 7.60 Å². The van der Waals surface area contributed by atoms with Gasteiger partial charge in [-0.15, -0.1) is 0 Å². The first-order valence-electron chi connectivity index (χ1n) is 9.65. The summed E-state index contributed by atoms with van der Waals surface area (Å²) >= 11 is 6.16. The van der Waals surface area contributed by atoms with Gasteiger partial charge in [0.1, 0.15) is 36.3 Å². The Bertz CT molecular complexity index is 1130. The van der Waals surface area contributed by atoms with Gasteiger partial charge in [0.2, 0.25) is 0 Å². The van der Waals surface area contributed by atoms with Gasteiger partial charge in [0.05, 0.1) is 37.0 Å². The van der Waals surface area contributed by atoms with Crippen LogP contribution in [0.5, 0.6) is 0 Å². The molecule has 2 aromatic heterocycles. The van der Waals surface area contributed by atoms with Gasteiger partial charge in [-0.1, -0.05) is 11.6 Å². The van der Waals surface area contributed by atoms with Crippen molar-refractivity contribution in [3.05, 3.63) is 16.9 Å². The number of aromatic nitrogens is 3. The summed E-state index contributed by atoms with van der Waals surface area (Å²) in [7, 11) is -4.44. The van der Waals surface area contributed by atoms with Crippen molar-refractivity contribution in [3.63, 3.8) is 0 Å². The van der Waals surface area contributed by atoms with Crippen molar-refractivity contribution >= 4 is 35.9 Å². The van der Waals surface area contributed by atoms with E-state index in [-0.39, 0.29) is 40.5 Å². The van der Waals surface area contributed by atoms with E-state index in [9.17, 15) is 28.8 Å². The first-order valence-corrected chi connectivity index (χ1v) is 11.8. The van der Waals surface area contributed by atoms with Crippen LogP contribution in [0.15, 0.2) is 6.20 Å². The topological polar surface area (TPSA) is 174 Å². The number of fused-ring (bicyclic) bond motifs is 1. The third kappa shape index (κ3) is 4.55. The van der Waals surface area contributed by atoms with Crippen LogP contribution in [0.1, 0.15) is 11.8 Å². The Labute approximate surface area is 190 Å². The number of hydrogen-bond donors (Lipinski definition) is 4. The first kappa shape index (κ1) is 24.2. The van der Waals surface area contributed by atoms with E-state index in [0.29, 0.717) is 0 Å². The third-order valence-electron chi connectivity index (χ3n) is 5.40. The van der Waals surface area contributed by atoms with Crippen molar-refractivity contribution in [2.24, 2.45) is 0 Å². The highest BCUT2D eigenvalue weighted by Crippen LogP contribution is 2.39. The molecule has 0 spiro atoms. The highest BCUT2D eigenvalue weighted by atomic mass is 35.5. The summed E-state index contributed by atoms with van der Waals surface area (Å²) in [6.07, 6.45) is -8.60. The van der Waals surface area contributed by atoms with E-state index >= 15 is 0 Å². The molecule has 0 bridgehead atoms. The molecule has 12 nitrogen and oxygen atoms in total. The number of halogens is 3. The highest BCUT2D eigenvalue weighted by Gasteiger charge is 2.45. The average molecular weight is 510 g/mol. The molecule has 4 rings (SSSR count). The third-order valence-corrected chi connectivity index (χ3v) is 6.19. The SMILES string of the molecule is N#Cc1c(Cl)nc2c(cnn2[C@@H]2O[C@H](COCP(=O)(O)O)[C@@H](O)[C@H]2O)c1N1C[C@@H](F)[C@H](F)C1. The monoisotopic (exact) mass is 509 g/mol. The molecule has 6 atom stereocenters. The summed E-state index contributed by atoms with van der Waals surface area (Å²) in [4.78, 5) is 23.2. The van der Waals surface area contributed by atoms with Gasteiger partial charge in [-0.3, -0.25) is 4.57 Å². The molecule has 2 fully saturated rings. The molecule has 2 saturated heterocycles. The van der Waals surface area contributed by atoms with Gasteiger partial charge in [0.25, 0.3) is 0 Å². The van der Waals surface area contributed by atoms with Crippen molar-refractivity contribution in [3.8, 4) is 6.07 Å². The molecule has 180 valence electrons. The molecule has 0 unspecified atom stereocenters. The second-order valence-electron chi connectivity index (χ2n) is 7.71. The number of nitriles is 1. The van der Waals surface area contributed by atoms with Crippen molar-refractivity contribution in [1.29, 1.82) is 5.26 Å². The molecule has 0 aliphatic carbocycles. The second-order valence-corrected chi connectivity index (χ2v) is 9.66. The summed E-state index contributed by atoms with van der Waals surface area (Å²) < 4.78 is 50.2. The molecule has 0 aromatic carbocycles. The van der Waals surface area contributed by atoms with E-state index in [1.807, 2.05) is 6.07 Å². The molecule has 2 aliphatic heterocycles. The lowest BCUT2D eigenvalue weighted by molar-refractivity contribution is -0.0658. The predicted octanol–water partition coefficient (Wildman–Crippen LogP) is 0.224. The number of aliphatic hydroxyl groups excluding tert-OH is 2. The summed E-state index contributed by atoms with van der Waals surface area (Å²) in [6, 6.07) is 1.88. The molecule has 16 heteroatoms. The maximum absolute atomic E-state index is 13.8. The van der Waals surface area contributed by atoms with Crippen molar-refractivity contribution < 1.29 is 42.8 Å². The molecular formula is C17H19ClF2N5O7P. The Morgan fingerprint density at radius 2 is 1.97 bits per heavy atom. The van der Waals surface area contributed by atoms with Crippen molar-refractivity contribution in [2.45, 2.75) is 36.9 Å². The van der Waals surface area contributed by atoms with Gasteiger partial charge in [-0.2, -0.15) is 10.4 Å². The van der Waals surface area contributed by atoms with Crippen LogP contribution in [-0.2, 0) is 14.0 Å². The number of rotatable bonds is 6. The largest absolute Gasteiger partial charge is 0.387 e. The van der Waals surface area contributed by atoms with Crippen LogP contribution in [0, 0.1) is 11.3 Å². The van der Waals surface area contributed by atoms with Crippen molar-refractivity contribution in [1.82, 2.24) is 14.8 Å². The highest BCUT2D eigenvalue weighted by molar-refractivity contribution is 7.51. The molecular weight excluding hydrogens is 491 g/mol. The molecule has 4 heterocycles. The zero-order chi connectivity index (χ0) is 24.1. The molecule has 2 aliphatic rings. The van der Waals surface area contributed by atoms with Crippen LogP contribution in [0.25, 0.3) is 11.0 Å². The first-order chi connectivity index (χ1) is 15.5. The standard InChI is InChI=1S/C17H19ClF2N5O7P/c18-15-7(1-21)12(24-3-9(19)10(20)4-24)8-2-22-25(16(8)23-15)17-14(27)13(26)11(32-17)5-31-6-33(28,29)30/h2,9-11,13-14,17,26-27H,3-6H2,(H2,28,29,30)/t9-,10-,11-,13-,14-,17-/m1/s1. The second kappa shape index (κ2) is 9.01. The van der Waals surface area contributed by atoms with E-state index in [1.54, 1.807) is 0 Å². The lowest BCUT2D eigenvalue weighted by Gasteiger charge is -2.21. The summed E-state index contributed by atoms with van der Waals surface area (Å²) in [6.45, 7) is -1.05. The number of pyridine rings is 1. The molecule has 0 saturated carbocycles. The minimum absolute atomic E-state index is 0.0275. The van der Waals surface area contributed by atoms with Crippen LogP contribution < -0.4 is 4.90 Å². The Kier molecular flexibility index (Phi) is 6.60. The van der Waals surface area contributed by atoms with E-state index < -0.39 is 57.4 Å². The maximum atomic E-state index is 13.8. The molecule has 33 heavy (non-hydrogen) atoms. The van der Waals surface area contributed by atoms with Crippen LogP contribution >= 0.6 is 19.2 Å². The van der Waals surface area contributed by atoms with Gasteiger partial charge in [-0.05, 0) is 0 Å². The quantitative estimate of drug-likeness (QED) is 0.310. The maximum Gasteiger partial charge on any atom is 0.350 e. The number of aliphatic hydroxyl groups is 2. The predicted molar refractivity (Wildman–Crippen MR) is 108 cm³/mol. The number of ether oxygens (including phenoxy) is 2. The fraction of sp³-hybridized carbons (Fsp3) is 0.588. The van der Waals surface area contributed by atoms with Crippen molar-refractivity contribution in [2.75, 3.05) is 30.9 Å². The Balaban J connectivity index is 1.67. The lowest BCUT2D eigenvalue weighted by Crippen LogP contribution is -2.34. The normalized spacial score (nSPS) is 30.3. The van der Waals surface area contributed by atoms with E-state index in [0.717, 1.165) is 4.68 Å².